The van der Waals surface area contributed by atoms with Crippen LogP contribution >= 0.6 is 0 Å². The maximum absolute atomic E-state index is 9.32. The second-order valence-corrected chi connectivity index (χ2v) is 2.90. The first-order chi connectivity index (χ1) is 4.04. The minimum absolute atomic E-state index is 0.144. The lowest BCUT2D eigenvalue weighted by Gasteiger charge is -2.29. The Hall–Kier alpha value is -0.0800. The summed E-state index contributed by atoms with van der Waals surface area (Å²) in [5.74, 6) is 0. The summed E-state index contributed by atoms with van der Waals surface area (Å²) in [6.07, 6.45) is 0.552. The van der Waals surface area contributed by atoms with Gasteiger partial charge in [0.05, 0.1) is 6.10 Å². The van der Waals surface area contributed by atoms with Crippen LogP contribution in [0.2, 0.25) is 0 Å². The van der Waals surface area contributed by atoms with Crippen LogP contribution in [0.15, 0.2) is 0 Å². The fourth-order valence-corrected chi connectivity index (χ4v) is 0.677. The summed E-state index contributed by atoms with van der Waals surface area (Å²) in [5.41, 5.74) is -0.144. The SMILES string of the molecule is CCC(O)C(C)(C)NC. The third-order valence-electron chi connectivity index (χ3n) is 1.86. The van der Waals surface area contributed by atoms with E-state index in [1.165, 1.54) is 0 Å². The molecule has 1 atom stereocenters. The predicted molar refractivity (Wildman–Crippen MR) is 39.4 cm³/mol. The average molecular weight is 131 g/mol. The summed E-state index contributed by atoms with van der Waals surface area (Å²) >= 11 is 0. The number of hydrogen-bond acceptors (Lipinski definition) is 2. The molecule has 0 bridgehead atoms. The van der Waals surface area contributed by atoms with Crippen molar-refractivity contribution in [2.75, 3.05) is 7.05 Å². The topological polar surface area (TPSA) is 32.3 Å². The zero-order valence-electron chi connectivity index (χ0n) is 6.73. The summed E-state index contributed by atoms with van der Waals surface area (Å²) in [6, 6.07) is 0. The Labute approximate surface area is 57.3 Å². The molecule has 0 aromatic rings. The molecule has 0 radical (unpaired) electrons. The van der Waals surface area contributed by atoms with Crippen molar-refractivity contribution in [1.82, 2.24) is 5.32 Å². The average Bonchev–Trinajstić information content (AvgIpc) is 1.86. The molecule has 0 aliphatic rings. The Balaban J connectivity index is 3.80. The molecule has 56 valence electrons. The van der Waals surface area contributed by atoms with Crippen LogP contribution in [0.1, 0.15) is 27.2 Å². The number of nitrogens with one attached hydrogen (secondary N) is 1. The molecule has 2 N–H and O–H groups in total. The van der Waals surface area contributed by atoms with Gasteiger partial charge in [-0.1, -0.05) is 6.92 Å². The van der Waals surface area contributed by atoms with Crippen LogP contribution in [-0.2, 0) is 0 Å². The van der Waals surface area contributed by atoms with Gasteiger partial charge in [-0.2, -0.15) is 0 Å². The van der Waals surface area contributed by atoms with E-state index in [0.29, 0.717) is 0 Å². The normalized spacial score (nSPS) is 15.7. The Bertz CT molecular complexity index is 81.0. The summed E-state index contributed by atoms with van der Waals surface area (Å²) in [6.45, 7) is 5.95. The molecule has 0 aromatic heterocycles. The quantitative estimate of drug-likeness (QED) is 0.592. The molecule has 0 saturated carbocycles. The lowest BCUT2D eigenvalue weighted by atomic mass is 9.96. The van der Waals surface area contributed by atoms with Gasteiger partial charge in [0.2, 0.25) is 0 Å². The number of likely N-dealkylation sites (N-methyl/N-ethyl adjacent to an activating group) is 1. The van der Waals surface area contributed by atoms with Gasteiger partial charge in [-0.3, -0.25) is 0 Å². The Morgan fingerprint density at radius 3 is 2.11 bits per heavy atom. The van der Waals surface area contributed by atoms with Crippen molar-refractivity contribution in [1.29, 1.82) is 0 Å². The molecule has 0 rings (SSSR count). The fraction of sp³-hybridized carbons (Fsp3) is 1.00. The second-order valence-electron chi connectivity index (χ2n) is 2.90. The van der Waals surface area contributed by atoms with E-state index in [2.05, 4.69) is 5.32 Å². The molecule has 1 unspecified atom stereocenters. The first-order valence-corrected chi connectivity index (χ1v) is 3.41. The molecule has 0 aliphatic carbocycles. The first kappa shape index (κ1) is 8.92. The monoisotopic (exact) mass is 131 g/mol. The molecule has 2 nitrogen and oxygen atoms in total. The van der Waals surface area contributed by atoms with Gasteiger partial charge in [0, 0.05) is 5.54 Å². The Morgan fingerprint density at radius 1 is 1.56 bits per heavy atom. The van der Waals surface area contributed by atoms with Gasteiger partial charge >= 0.3 is 0 Å². The molecule has 0 amide bonds. The van der Waals surface area contributed by atoms with Gasteiger partial charge in [0.15, 0.2) is 0 Å². The van der Waals surface area contributed by atoms with Crippen molar-refractivity contribution in [2.45, 2.75) is 38.8 Å². The van der Waals surface area contributed by atoms with E-state index >= 15 is 0 Å². The zero-order chi connectivity index (χ0) is 7.49. The van der Waals surface area contributed by atoms with Gasteiger partial charge < -0.3 is 10.4 Å². The molecule has 0 aliphatic heterocycles. The highest BCUT2D eigenvalue weighted by atomic mass is 16.3. The third kappa shape index (κ3) is 2.33. The Morgan fingerprint density at radius 2 is 2.00 bits per heavy atom. The second kappa shape index (κ2) is 3.18. The fourth-order valence-electron chi connectivity index (χ4n) is 0.677. The molecule has 0 fully saturated rings. The Kier molecular flexibility index (Phi) is 3.15. The highest BCUT2D eigenvalue weighted by Crippen LogP contribution is 2.10. The minimum Gasteiger partial charge on any atom is -0.391 e. The van der Waals surface area contributed by atoms with Crippen LogP contribution in [0.3, 0.4) is 0 Å². The summed E-state index contributed by atoms with van der Waals surface area (Å²) in [4.78, 5) is 0. The molecule has 0 heterocycles. The molecule has 9 heavy (non-hydrogen) atoms. The molecular formula is C7H17NO. The van der Waals surface area contributed by atoms with Crippen LogP contribution in [-0.4, -0.2) is 23.8 Å². The summed E-state index contributed by atoms with van der Waals surface area (Å²) in [7, 11) is 1.86. The molecule has 0 saturated heterocycles. The highest BCUT2D eigenvalue weighted by Gasteiger charge is 2.23. The maximum Gasteiger partial charge on any atom is 0.0713 e. The molecular weight excluding hydrogens is 114 g/mol. The van der Waals surface area contributed by atoms with Crippen molar-refractivity contribution in [3.63, 3.8) is 0 Å². The molecule has 0 aromatic carbocycles. The number of aliphatic hydroxyl groups is 1. The van der Waals surface area contributed by atoms with Crippen molar-refractivity contribution >= 4 is 0 Å². The minimum atomic E-state index is -0.248. The predicted octanol–water partition coefficient (Wildman–Crippen LogP) is 0.755. The number of rotatable bonds is 3. The standard InChI is InChI=1S/C7H17NO/c1-5-6(9)7(2,3)8-4/h6,8-9H,5H2,1-4H3. The van der Waals surface area contributed by atoms with Crippen LogP contribution < -0.4 is 5.32 Å². The van der Waals surface area contributed by atoms with E-state index in [1.807, 2.05) is 27.8 Å². The van der Waals surface area contributed by atoms with E-state index < -0.39 is 0 Å². The van der Waals surface area contributed by atoms with E-state index in [-0.39, 0.29) is 11.6 Å². The molecule has 0 spiro atoms. The van der Waals surface area contributed by atoms with Crippen LogP contribution in [0.4, 0.5) is 0 Å². The number of aliphatic hydroxyl groups excluding tert-OH is 1. The van der Waals surface area contributed by atoms with E-state index in [1.54, 1.807) is 0 Å². The smallest absolute Gasteiger partial charge is 0.0713 e. The summed E-state index contributed by atoms with van der Waals surface area (Å²) < 4.78 is 0. The molecule has 2 heteroatoms. The van der Waals surface area contributed by atoms with Crippen LogP contribution in [0, 0.1) is 0 Å². The highest BCUT2D eigenvalue weighted by molar-refractivity contribution is 4.82. The van der Waals surface area contributed by atoms with E-state index in [4.69, 9.17) is 0 Å². The third-order valence-corrected chi connectivity index (χ3v) is 1.86. The first-order valence-electron chi connectivity index (χ1n) is 3.41. The number of hydrogen-bond donors (Lipinski definition) is 2. The lowest BCUT2D eigenvalue weighted by molar-refractivity contribution is 0.0820. The van der Waals surface area contributed by atoms with Gasteiger partial charge in [0.1, 0.15) is 0 Å². The van der Waals surface area contributed by atoms with Gasteiger partial charge in [0.25, 0.3) is 0 Å². The van der Waals surface area contributed by atoms with Crippen molar-refractivity contribution in [3.8, 4) is 0 Å². The van der Waals surface area contributed by atoms with Gasteiger partial charge in [-0.15, -0.1) is 0 Å². The van der Waals surface area contributed by atoms with Crippen molar-refractivity contribution in [3.05, 3.63) is 0 Å². The maximum atomic E-state index is 9.32. The van der Waals surface area contributed by atoms with Crippen LogP contribution in [0.25, 0.3) is 0 Å². The largest absolute Gasteiger partial charge is 0.391 e. The van der Waals surface area contributed by atoms with Crippen molar-refractivity contribution < 1.29 is 5.11 Å². The zero-order valence-corrected chi connectivity index (χ0v) is 6.73. The van der Waals surface area contributed by atoms with Crippen molar-refractivity contribution in [2.24, 2.45) is 0 Å². The van der Waals surface area contributed by atoms with Gasteiger partial charge in [-0.25, -0.2) is 0 Å². The van der Waals surface area contributed by atoms with E-state index in [0.717, 1.165) is 6.42 Å². The summed E-state index contributed by atoms with van der Waals surface area (Å²) in [5, 5.41) is 12.4. The van der Waals surface area contributed by atoms with Crippen LogP contribution in [0.5, 0.6) is 0 Å². The van der Waals surface area contributed by atoms with E-state index in [9.17, 15) is 5.11 Å². The lowest BCUT2D eigenvalue weighted by Crippen LogP contribution is -2.47. The van der Waals surface area contributed by atoms with Gasteiger partial charge in [-0.05, 0) is 27.3 Å².